The average molecular weight is 309 g/mol. The SMILES string of the molecule is CSCCC(N)c1nc(CSc2ccccc2C)no1. The highest BCUT2D eigenvalue weighted by atomic mass is 32.2. The van der Waals surface area contributed by atoms with E-state index in [0.717, 1.165) is 12.2 Å². The molecule has 1 heterocycles. The van der Waals surface area contributed by atoms with Crippen LogP contribution in [-0.4, -0.2) is 22.1 Å². The van der Waals surface area contributed by atoms with Crippen LogP contribution in [0.1, 0.15) is 29.7 Å². The molecule has 108 valence electrons. The van der Waals surface area contributed by atoms with E-state index in [2.05, 4.69) is 35.5 Å². The van der Waals surface area contributed by atoms with E-state index in [9.17, 15) is 0 Å². The maximum absolute atomic E-state index is 6.01. The van der Waals surface area contributed by atoms with Crippen molar-refractivity contribution < 1.29 is 4.52 Å². The predicted octanol–water partition coefficient (Wildman–Crippen LogP) is 3.42. The number of thioether (sulfide) groups is 2. The third-order valence-corrected chi connectivity index (χ3v) is 4.70. The van der Waals surface area contributed by atoms with Crippen LogP contribution in [0.4, 0.5) is 0 Å². The third kappa shape index (κ3) is 4.26. The van der Waals surface area contributed by atoms with E-state index in [1.165, 1.54) is 10.5 Å². The van der Waals surface area contributed by atoms with Gasteiger partial charge in [0.25, 0.3) is 0 Å². The lowest BCUT2D eigenvalue weighted by Crippen LogP contribution is -2.11. The van der Waals surface area contributed by atoms with Gasteiger partial charge in [-0.2, -0.15) is 16.7 Å². The molecule has 2 aromatic rings. The molecule has 1 aromatic carbocycles. The lowest BCUT2D eigenvalue weighted by Gasteiger charge is -2.04. The number of hydrogen-bond acceptors (Lipinski definition) is 6. The minimum Gasteiger partial charge on any atom is -0.338 e. The van der Waals surface area contributed by atoms with Gasteiger partial charge in [-0.05, 0) is 37.0 Å². The molecule has 20 heavy (non-hydrogen) atoms. The zero-order valence-electron chi connectivity index (χ0n) is 11.7. The molecule has 2 N–H and O–H groups in total. The van der Waals surface area contributed by atoms with Crippen molar-refractivity contribution in [2.75, 3.05) is 12.0 Å². The fourth-order valence-corrected chi connectivity index (χ4v) is 3.07. The van der Waals surface area contributed by atoms with Crippen LogP contribution in [0.3, 0.4) is 0 Å². The van der Waals surface area contributed by atoms with Gasteiger partial charge in [-0.25, -0.2) is 0 Å². The second-order valence-electron chi connectivity index (χ2n) is 4.49. The Morgan fingerprint density at radius 3 is 2.90 bits per heavy atom. The quantitative estimate of drug-likeness (QED) is 0.791. The molecule has 0 spiro atoms. The fourth-order valence-electron chi connectivity index (χ4n) is 1.71. The van der Waals surface area contributed by atoms with E-state index in [1.54, 1.807) is 23.5 Å². The predicted molar refractivity (Wildman–Crippen MR) is 85.0 cm³/mol. The zero-order chi connectivity index (χ0) is 14.4. The Morgan fingerprint density at radius 2 is 2.15 bits per heavy atom. The van der Waals surface area contributed by atoms with Gasteiger partial charge in [-0.3, -0.25) is 0 Å². The van der Waals surface area contributed by atoms with E-state index >= 15 is 0 Å². The Labute approximate surface area is 127 Å². The van der Waals surface area contributed by atoms with Crippen molar-refractivity contribution in [1.82, 2.24) is 10.1 Å². The number of aromatic nitrogens is 2. The van der Waals surface area contributed by atoms with Gasteiger partial charge in [0.2, 0.25) is 5.89 Å². The van der Waals surface area contributed by atoms with Crippen LogP contribution in [0.2, 0.25) is 0 Å². The second kappa shape index (κ2) is 7.71. The van der Waals surface area contributed by atoms with Crippen LogP contribution in [0, 0.1) is 6.92 Å². The molecule has 4 nitrogen and oxygen atoms in total. The van der Waals surface area contributed by atoms with Crippen LogP contribution in [0.5, 0.6) is 0 Å². The third-order valence-electron chi connectivity index (χ3n) is 2.88. The van der Waals surface area contributed by atoms with Crippen molar-refractivity contribution in [1.29, 1.82) is 0 Å². The lowest BCUT2D eigenvalue weighted by atomic mass is 10.2. The summed E-state index contributed by atoms with van der Waals surface area (Å²) in [6.45, 7) is 2.10. The summed E-state index contributed by atoms with van der Waals surface area (Å²) >= 11 is 3.48. The normalized spacial score (nSPS) is 12.6. The number of nitrogens with two attached hydrogens (primary N) is 1. The highest BCUT2D eigenvalue weighted by Gasteiger charge is 2.14. The maximum Gasteiger partial charge on any atom is 0.243 e. The molecule has 0 aliphatic carbocycles. The maximum atomic E-state index is 6.01. The molecular weight excluding hydrogens is 290 g/mol. The standard InChI is InChI=1S/C14H19N3OS2/c1-10-5-3-4-6-12(10)20-9-13-16-14(18-17-13)11(15)7-8-19-2/h3-6,11H,7-9,15H2,1-2H3. The smallest absolute Gasteiger partial charge is 0.243 e. The highest BCUT2D eigenvalue weighted by Crippen LogP contribution is 2.25. The summed E-state index contributed by atoms with van der Waals surface area (Å²) in [6.07, 6.45) is 2.92. The summed E-state index contributed by atoms with van der Waals surface area (Å²) in [5, 5.41) is 4.00. The van der Waals surface area contributed by atoms with Gasteiger partial charge < -0.3 is 10.3 Å². The molecule has 0 amide bonds. The molecule has 2 rings (SSSR count). The van der Waals surface area contributed by atoms with Gasteiger partial charge in [0.1, 0.15) is 0 Å². The topological polar surface area (TPSA) is 64.9 Å². The Balaban J connectivity index is 1.91. The fraction of sp³-hybridized carbons (Fsp3) is 0.429. The van der Waals surface area contributed by atoms with Crippen molar-refractivity contribution in [3.63, 3.8) is 0 Å². The number of hydrogen-bond donors (Lipinski definition) is 1. The molecular formula is C14H19N3OS2. The average Bonchev–Trinajstić information content (AvgIpc) is 2.93. The Kier molecular flexibility index (Phi) is 5.94. The van der Waals surface area contributed by atoms with Crippen LogP contribution >= 0.6 is 23.5 Å². The molecule has 1 unspecified atom stereocenters. The molecule has 1 aromatic heterocycles. The zero-order valence-corrected chi connectivity index (χ0v) is 13.3. The van der Waals surface area contributed by atoms with Crippen LogP contribution in [0.15, 0.2) is 33.7 Å². The van der Waals surface area contributed by atoms with E-state index in [1.807, 2.05) is 12.1 Å². The van der Waals surface area contributed by atoms with Gasteiger partial charge in [0, 0.05) is 4.90 Å². The molecule has 0 saturated carbocycles. The first kappa shape index (κ1) is 15.4. The van der Waals surface area contributed by atoms with Gasteiger partial charge in [0.15, 0.2) is 5.82 Å². The minimum absolute atomic E-state index is 0.160. The number of aryl methyl sites for hydroxylation is 1. The molecule has 0 saturated heterocycles. The number of rotatable bonds is 7. The first-order chi connectivity index (χ1) is 9.70. The van der Waals surface area contributed by atoms with Crippen molar-refractivity contribution in [3.8, 4) is 0 Å². The van der Waals surface area contributed by atoms with E-state index in [0.29, 0.717) is 17.5 Å². The summed E-state index contributed by atoms with van der Waals surface area (Å²) in [4.78, 5) is 5.62. The summed E-state index contributed by atoms with van der Waals surface area (Å²) in [7, 11) is 0. The molecule has 0 radical (unpaired) electrons. The van der Waals surface area contributed by atoms with Crippen molar-refractivity contribution in [3.05, 3.63) is 41.5 Å². The van der Waals surface area contributed by atoms with E-state index in [4.69, 9.17) is 10.3 Å². The summed E-state index contributed by atoms with van der Waals surface area (Å²) < 4.78 is 5.23. The first-order valence-electron chi connectivity index (χ1n) is 6.46. The summed E-state index contributed by atoms with van der Waals surface area (Å²) in [6, 6.07) is 8.12. The molecule has 0 bridgehead atoms. The van der Waals surface area contributed by atoms with Crippen molar-refractivity contribution in [2.45, 2.75) is 30.0 Å². The van der Waals surface area contributed by atoms with Gasteiger partial charge in [0.05, 0.1) is 11.8 Å². The van der Waals surface area contributed by atoms with Gasteiger partial charge in [-0.1, -0.05) is 23.4 Å². The first-order valence-corrected chi connectivity index (χ1v) is 8.84. The summed E-state index contributed by atoms with van der Waals surface area (Å²) in [5.41, 5.74) is 7.27. The van der Waals surface area contributed by atoms with Gasteiger partial charge in [-0.15, -0.1) is 11.8 Å². The van der Waals surface area contributed by atoms with E-state index in [-0.39, 0.29) is 6.04 Å². The Morgan fingerprint density at radius 1 is 1.35 bits per heavy atom. The van der Waals surface area contributed by atoms with Crippen LogP contribution in [-0.2, 0) is 5.75 Å². The molecule has 0 fully saturated rings. The molecule has 1 atom stereocenters. The Hall–Kier alpha value is -0.980. The molecule has 6 heteroatoms. The van der Waals surface area contributed by atoms with Crippen LogP contribution in [0.25, 0.3) is 0 Å². The van der Waals surface area contributed by atoms with Gasteiger partial charge >= 0.3 is 0 Å². The van der Waals surface area contributed by atoms with E-state index < -0.39 is 0 Å². The summed E-state index contributed by atoms with van der Waals surface area (Å²) in [5.74, 6) is 2.94. The number of nitrogens with zero attached hydrogens (tertiary/aromatic N) is 2. The second-order valence-corrected chi connectivity index (χ2v) is 6.49. The molecule has 0 aliphatic rings. The number of benzene rings is 1. The highest BCUT2D eigenvalue weighted by molar-refractivity contribution is 7.98. The van der Waals surface area contributed by atoms with Crippen molar-refractivity contribution >= 4 is 23.5 Å². The minimum atomic E-state index is -0.160. The lowest BCUT2D eigenvalue weighted by molar-refractivity contribution is 0.350. The Bertz CT molecular complexity index is 545. The van der Waals surface area contributed by atoms with Crippen LogP contribution < -0.4 is 5.73 Å². The monoisotopic (exact) mass is 309 g/mol. The molecule has 0 aliphatic heterocycles. The van der Waals surface area contributed by atoms with Crippen molar-refractivity contribution in [2.24, 2.45) is 5.73 Å². The largest absolute Gasteiger partial charge is 0.338 e.